The van der Waals surface area contributed by atoms with Gasteiger partial charge in [-0.1, -0.05) is 23.5 Å². The highest BCUT2D eigenvalue weighted by Crippen LogP contribution is 2.27. The largest absolute Gasteiger partial charge is 0.495 e. The summed E-state index contributed by atoms with van der Waals surface area (Å²) in [4.78, 5) is 17.3. The summed E-state index contributed by atoms with van der Waals surface area (Å²) < 4.78 is 34.1. The molecule has 0 fully saturated rings. The van der Waals surface area contributed by atoms with E-state index in [1.165, 1.54) is 50.7 Å². The van der Waals surface area contributed by atoms with Gasteiger partial charge in [0.05, 0.1) is 17.3 Å². The molecule has 3 rings (SSSR count). The number of amides is 1. The third kappa shape index (κ3) is 3.53. The zero-order valence-electron chi connectivity index (χ0n) is 15.3. The van der Waals surface area contributed by atoms with Gasteiger partial charge >= 0.3 is 0 Å². The summed E-state index contributed by atoms with van der Waals surface area (Å²) in [5.74, 6) is -0.345. The van der Waals surface area contributed by atoms with Crippen molar-refractivity contribution in [3.8, 4) is 5.75 Å². The molecule has 7 nitrogen and oxygen atoms in total. The van der Waals surface area contributed by atoms with Gasteiger partial charge in [0.2, 0.25) is 10.0 Å². The summed E-state index contributed by atoms with van der Waals surface area (Å²) >= 11 is 1.39. The lowest BCUT2D eigenvalue weighted by Gasteiger charge is -2.14. The second-order valence-corrected chi connectivity index (χ2v) is 9.11. The van der Waals surface area contributed by atoms with Crippen LogP contribution >= 0.6 is 11.3 Å². The zero-order valence-corrected chi connectivity index (χ0v) is 17.0. The highest BCUT2D eigenvalue weighted by molar-refractivity contribution is 7.89. The van der Waals surface area contributed by atoms with Gasteiger partial charge in [-0.15, -0.1) is 0 Å². The molecule has 1 amide bonds. The number of aryl methyl sites for hydroxylation is 1. The molecular formula is C18H19N3O4S2. The molecule has 0 saturated carbocycles. The fourth-order valence-corrected chi connectivity index (χ4v) is 4.64. The monoisotopic (exact) mass is 405 g/mol. The molecule has 27 heavy (non-hydrogen) atoms. The van der Waals surface area contributed by atoms with Gasteiger partial charge in [0.25, 0.3) is 5.91 Å². The Kier molecular flexibility index (Phi) is 5.18. The van der Waals surface area contributed by atoms with E-state index in [0.717, 1.165) is 14.5 Å². The van der Waals surface area contributed by atoms with E-state index in [2.05, 4.69) is 4.99 Å². The van der Waals surface area contributed by atoms with Crippen LogP contribution in [0.2, 0.25) is 0 Å². The van der Waals surface area contributed by atoms with Crippen LogP contribution in [0.5, 0.6) is 5.75 Å². The van der Waals surface area contributed by atoms with Crippen LogP contribution in [0.25, 0.3) is 10.2 Å². The maximum Gasteiger partial charge on any atom is 0.279 e. The van der Waals surface area contributed by atoms with E-state index in [0.29, 0.717) is 4.80 Å². The molecule has 2 aromatic carbocycles. The SMILES string of the molecule is COc1ccc(C(=O)N=c2sc3ccccc3n2C)cc1S(=O)(=O)N(C)C. The van der Waals surface area contributed by atoms with Gasteiger partial charge in [-0.3, -0.25) is 4.79 Å². The van der Waals surface area contributed by atoms with Crippen LogP contribution in [-0.4, -0.2) is 44.4 Å². The first-order chi connectivity index (χ1) is 12.8. The van der Waals surface area contributed by atoms with Gasteiger partial charge in [0.15, 0.2) is 4.80 Å². The Hall–Kier alpha value is -2.49. The molecule has 0 aliphatic rings. The first-order valence-corrected chi connectivity index (χ1v) is 10.3. The molecule has 0 saturated heterocycles. The van der Waals surface area contributed by atoms with Crippen molar-refractivity contribution < 1.29 is 17.9 Å². The van der Waals surface area contributed by atoms with Gasteiger partial charge in [0.1, 0.15) is 10.6 Å². The summed E-state index contributed by atoms with van der Waals surface area (Å²) in [5.41, 5.74) is 1.15. The Labute approximate surface area is 161 Å². The minimum atomic E-state index is -3.77. The Bertz CT molecular complexity index is 1190. The van der Waals surface area contributed by atoms with Crippen molar-refractivity contribution in [2.45, 2.75) is 4.90 Å². The van der Waals surface area contributed by atoms with Gasteiger partial charge in [0, 0.05) is 26.7 Å². The highest BCUT2D eigenvalue weighted by atomic mass is 32.2. The molecule has 0 N–H and O–H groups in total. The summed E-state index contributed by atoms with van der Waals surface area (Å²) in [7, 11) is 2.29. The number of sulfonamides is 1. The number of nitrogens with zero attached hydrogens (tertiary/aromatic N) is 3. The van der Waals surface area contributed by atoms with E-state index < -0.39 is 15.9 Å². The van der Waals surface area contributed by atoms with Crippen LogP contribution in [0.15, 0.2) is 52.4 Å². The lowest BCUT2D eigenvalue weighted by molar-refractivity contribution is 0.0997. The van der Waals surface area contributed by atoms with Crippen LogP contribution in [0.4, 0.5) is 0 Å². The van der Waals surface area contributed by atoms with Crippen LogP contribution < -0.4 is 9.54 Å². The second-order valence-electron chi connectivity index (χ2n) is 5.98. The lowest BCUT2D eigenvalue weighted by atomic mass is 10.2. The van der Waals surface area contributed by atoms with E-state index in [4.69, 9.17) is 4.74 Å². The number of benzene rings is 2. The number of aromatic nitrogens is 1. The highest BCUT2D eigenvalue weighted by Gasteiger charge is 2.24. The molecule has 1 heterocycles. The summed E-state index contributed by atoms with van der Waals surface area (Å²) in [6, 6.07) is 12.0. The average molecular weight is 406 g/mol. The molecule has 0 unspecified atom stereocenters. The normalized spacial score (nSPS) is 12.7. The van der Waals surface area contributed by atoms with Crippen LogP contribution in [-0.2, 0) is 17.1 Å². The smallest absolute Gasteiger partial charge is 0.279 e. The van der Waals surface area contributed by atoms with E-state index >= 15 is 0 Å². The Morgan fingerprint density at radius 3 is 2.52 bits per heavy atom. The Balaban J connectivity index is 2.11. The van der Waals surface area contributed by atoms with Crippen LogP contribution in [0.3, 0.4) is 0 Å². The van der Waals surface area contributed by atoms with Crippen molar-refractivity contribution in [3.05, 3.63) is 52.8 Å². The Morgan fingerprint density at radius 2 is 1.89 bits per heavy atom. The van der Waals surface area contributed by atoms with Crippen molar-refractivity contribution >= 4 is 37.5 Å². The number of thiazole rings is 1. The minimum Gasteiger partial charge on any atom is -0.495 e. The number of rotatable bonds is 4. The molecule has 0 radical (unpaired) electrons. The van der Waals surface area contributed by atoms with Crippen LogP contribution in [0.1, 0.15) is 10.4 Å². The minimum absolute atomic E-state index is 0.0724. The van der Waals surface area contributed by atoms with E-state index in [1.807, 2.05) is 35.9 Å². The molecule has 0 aliphatic carbocycles. The molecular weight excluding hydrogens is 386 g/mol. The van der Waals surface area contributed by atoms with E-state index in [9.17, 15) is 13.2 Å². The van der Waals surface area contributed by atoms with Crippen molar-refractivity contribution in [3.63, 3.8) is 0 Å². The van der Waals surface area contributed by atoms with Crippen molar-refractivity contribution in [1.29, 1.82) is 0 Å². The number of para-hydroxylation sites is 1. The molecule has 3 aromatic rings. The standard InChI is InChI=1S/C18H19N3O4S2/c1-20(2)27(23,24)16-11-12(9-10-14(16)25-4)17(22)19-18-21(3)13-7-5-6-8-15(13)26-18/h5-11H,1-4H3. The molecule has 1 aromatic heterocycles. The van der Waals surface area contributed by atoms with E-state index in [-0.39, 0.29) is 16.2 Å². The fourth-order valence-electron chi connectivity index (χ4n) is 2.55. The van der Waals surface area contributed by atoms with Crippen LogP contribution in [0, 0.1) is 0 Å². The number of hydrogen-bond donors (Lipinski definition) is 0. The van der Waals surface area contributed by atoms with Crippen molar-refractivity contribution in [2.24, 2.45) is 12.0 Å². The lowest BCUT2D eigenvalue weighted by Crippen LogP contribution is -2.23. The average Bonchev–Trinajstić information content (AvgIpc) is 2.97. The second kappa shape index (κ2) is 7.26. The molecule has 0 atom stereocenters. The summed E-state index contributed by atoms with van der Waals surface area (Å²) in [5, 5.41) is 0. The third-order valence-electron chi connectivity index (χ3n) is 4.08. The first kappa shape index (κ1) is 19.3. The number of hydrogen-bond acceptors (Lipinski definition) is 5. The summed E-state index contributed by atoms with van der Waals surface area (Å²) in [6.45, 7) is 0. The van der Waals surface area contributed by atoms with Gasteiger partial charge in [-0.2, -0.15) is 4.99 Å². The van der Waals surface area contributed by atoms with Crippen molar-refractivity contribution in [2.75, 3.05) is 21.2 Å². The topological polar surface area (TPSA) is 81.0 Å². The Morgan fingerprint density at radius 1 is 1.19 bits per heavy atom. The molecule has 0 aliphatic heterocycles. The number of methoxy groups -OCH3 is 1. The molecule has 142 valence electrons. The predicted molar refractivity (Wildman–Crippen MR) is 105 cm³/mol. The van der Waals surface area contributed by atoms with Crippen molar-refractivity contribution in [1.82, 2.24) is 8.87 Å². The molecule has 9 heteroatoms. The van der Waals surface area contributed by atoms with Gasteiger partial charge < -0.3 is 9.30 Å². The maximum atomic E-state index is 12.7. The zero-order chi connectivity index (χ0) is 19.8. The quantitative estimate of drug-likeness (QED) is 0.667. The predicted octanol–water partition coefficient (Wildman–Crippen LogP) is 2.24. The number of carbonyl (C=O) groups is 1. The number of fused-ring (bicyclic) bond motifs is 1. The molecule has 0 bridgehead atoms. The summed E-state index contributed by atoms with van der Waals surface area (Å²) in [6.07, 6.45) is 0. The third-order valence-corrected chi connectivity index (χ3v) is 7.03. The first-order valence-electron chi connectivity index (χ1n) is 8.00. The van der Waals surface area contributed by atoms with Gasteiger partial charge in [-0.25, -0.2) is 12.7 Å². The molecule has 0 spiro atoms. The fraction of sp³-hybridized carbons (Fsp3) is 0.222. The number of ether oxygens (including phenoxy) is 1. The maximum absolute atomic E-state index is 12.7. The van der Waals surface area contributed by atoms with Gasteiger partial charge in [-0.05, 0) is 30.3 Å². The van der Waals surface area contributed by atoms with E-state index in [1.54, 1.807) is 0 Å². The number of carbonyl (C=O) groups excluding carboxylic acids is 1.